The van der Waals surface area contributed by atoms with Crippen molar-refractivity contribution in [1.82, 2.24) is 25.1 Å². The summed E-state index contributed by atoms with van der Waals surface area (Å²) in [6.07, 6.45) is 6.64. The summed E-state index contributed by atoms with van der Waals surface area (Å²) < 4.78 is 1.57. The molecule has 0 atom stereocenters. The highest BCUT2D eigenvalue weighted by Crippen LogP contribution is 2.06. The normalized spacial score (nSPS) is 10.1. The van der Waals surface area contributed by atoms with Gasteiger partial charge in [-0.2, -0.15) is 5.10 Å². The van der Waals surface area contributed by atoms with Gasteiger partial charge in [-0.15, -0.1) is 0 Å². The van der Waals surface area contributed by atoms with Crippen molar-refractivity contribution in [3.63, 3.8) is 0 Å². The molecule has 18 heavy (non-hydrogen) atoms. The molecule has 0 fully saturated rings. The molecule has 2 aromatic heterocycles. The van der Waals surface area contributed by atoms with Crippen molar-refractivity contribution in [3.05, 3.63) is 36.7 Å². The number of nitrogens with one attached hydrogen (secondary N) is 2. The van der Waals surface area contributed by atoms with Gasteiger partial charge in [0, 0.05) is 19.4 Å². The highest BCUT2D eigenvalue weighted by atomic mass is 16.1. The lowest BCUT2D eigenvalue weighted by Gasteiger charge is -2.02. The minimum Gasteiger partial charge on any atom is -0.377 e. The van der Waals surface area contributed by atoms with Crippen molar-refractivity contribution < 1.29 is 4.79 Å². The Morgan fingerprint density at radius 2 is 2.39 bits per heavy atom. The van der Waals surface area contributed by atoms with Gasteiger partial charge >= 0.3 is 0 Å². The molecule has 2 aromatic rings. The van der Waals surface area contributed by atoms with Gasteiger partial charge in [-0.1, -0.05) is 0 Å². The van der Waals surface area contributed by atoms with Gasteiger partial charge in [-0.25, -0.2) is 9.97 Å². The highest BCUT2D eigenvalue weighted by Gasteiger charge is 2.02. The van der Waals surface area contributed by atoms with Crippen LogP contribution in [-0.4, -0.2) is 32.7 Å². The van der Waals surface area contributed by atoms with E-state index in [4.69, 9.17) is 0 Å². The monoisotopic (exact) mass is 246 g/mol. The van der Waals surface area contributed by atoms with Gasteiger partial charge in [0.05, 0.1) is 24.1 Å². The van der Waals surface area contributed by atoms with Crippen molar-refractivity contribution in [2.24, 2.45) is 0 Å². The third-order valence-electron chi connectivity index (χ3n) is 2.33. The molecule has 0 radical (unpaired) electrons. The number of nitrogens with zero attached hydrogens (tertiary/aromatic N) is 4. The van der Waals surface area contributed by atoms with E-state index in [9.17, 15) is 4.79 Å². The third kappa shape index (κ3) is 3.27. The Morgan fingerprint density at radius 1 is 1.50 bits per heavy atom. The van der Waals surface area contributed by atoms with Gasteiger partial charge in [0.25, 0.3) is 0 Å². The Balaban J connectivity index is 1.89. The molecule has 94 valence electrons. The molecule has 2 heterocycles. The van der Waals surface area contributed by atoms with Crippen molar-refractivity contribution in [2.45, 2.75) is 13.1 Å². The van der Waals surface area contributed by atoms with E-state index in [1.807, 2.05) is 6.07 Å². The number of rotatable bonds is 5. The van der Waals surface area contributed by atoms with Gasteiger partial charge < -0.3 is 10.6 Å². The molecule has 2 rings (SSSR count). The molecule has 0 spiro atoms. The molecule has 0 aliphatic carbocycles. The SMILES string of the molecule is CNC(=O)Cn1cc(NCc2ccncn2)cn1. The molecular weight excluding hydrogens is 232 g/mol. The first-order valence-corrected chi connectivity index (χ1v) is 5.49. The quantitative estimate of drug-likeness (QED) is 0.777. The van der Waals surface area contributed by atoms with Crippen LogP contribution in [0.3, 0.4) is 0 Å². The number of likely N-dealkylation sites (N-methyl/N-ethyl adjacent to an activating group) is 1. The minimum absolute atomic E-state index is 0.0829. The summed E-state index contributed by atoms with van der Waals surface area (Å²) in [6, 6.07) is 1.84. The van der Waals surface area contributed by atoms with Crippen LogP contribution in [0, 0.1) is 0 Å². The molecule has 0 aromatic carbocycles. The van der Waals surface area contributed by atoms with Crippen LogP contribution in [0.1, 0.15) is 5.69 Å². The lowest BCUT2D eigenvalue weighted by Crippen LogP contribution is -2.23. The maximum atomic E-state index is 11.2. The average molecular weight is 246 g/mol. The van der Waals surface area contributed by atoms with E-state index in [0.717, 1.165) is 11.4 Å². The molecular formula is C11H14N6O. The van der Waals surface area contributed by atoms with Crippen LogP contribution >= 0.6 is 0 Å². The Morgan fingerprint density at radius 3 is 3.11 bits per heavy atom. The summed E-state index contributed by atoms with van der Waals surface area (Å²) in [6.45, 7) is 0.805. The van der Waals surface area contributed by atoms with Crippen molar-refractivity contribution in [3.8, 4) is 0 Å². The predicted octanol–water partition coefficient (Wildman–Crippen LogP) is 0.0312. The van der Waals surface area contributed by atoms with E-state index in [2.05, 4.69) is 25.7 Å². The zero-order valence-corrected chi connectivity index (χ0v) is 10.00. The second kappa shape index (κ2) is 5.76. The standard InChI is InChI=1S/C11H14N6O/c1-12-11(18)7-17-6-10(5-16-17)14-4-9-2-3-13-8-15-9/h2-3,5-6,8,14H,4,7H2,1H3,(H,12,18). The van der Waals surface area contributed by atoms with Crippen LogP contribution in [0.15, 0.2) is 31.0 Å². The Bertz CT molecular complexity index is 509. The second-order valence-electron chi connectivity index (χ2n) is 3.65. The number of carbonyl (C=O) groups excluding carboxylic acids is 1. The van der Waals surface area contributed by atoms with Crippen molar-refractivity contribution in [2.75, 3.05) is 12.4 Å². The van der Waals surface area contributed by atoms with E-state index < -0.39 is 0 Å². The molecule has 7 nitrogen and oxygen atoms in total. The van der Waals surface area contributed by atoms with Crippen LogP contribution in [0.2, 0.25) is 0 Å². The first kappa shape index (κ1) is 12.0. The van der Waals surface area contributed by atoms with E-state index >= 15 is 0 Å². The van der Waals surface area contributed by atoms with Gasteiger partial charge in [-0.05, 0) is 6.07 Å². The fraction of sp³-hybridized carbons (Fsp3) is 0.273. The lowest BCUT2D eigenvalue weighted by atomic mass is 10.4. The van der Waals surface area contributed by atoms with E-state index in [1.165, 1.54) is 6.33 Å². The number of hydrogen-bond acceptors (Lipinski definition) is 5. The zero-order valence-electron chi connectivity index (χ0n) is 10.00. The summed E-state index contributed by atoms with van der Waals surface area (Å²) in [5, 5.41) is 9.79. The highest BCUT2D eigenvalue weighted by molar-refractivity contribution is 5.75. The fourth-order valence-corrected chi connectivity index (χ4v) is 1.38. The van der Waals surface area contributed by atoms with Gasteiger partial charge in [0.1, 0.15) is 12.9 Å². The number of anilines is 1. The minimum atomic E-state index is -0.0829. The van der Waals surface area contributed by atoms with Crippen molar-refractivity contribution >= 4 is 11.6 Å². The van der Waals surface area contributed by atoms with Gasteiger partial charge in [0.15, 0.2) is 0 Å². The third-order valence-corrected chi connectivity index (χ3v) is 2.33. The maximum absolute atomic E-state index is 11.2. The van der Waals surface area contributed by atoms with Crippen LogP contribution in [0.25, 0.3) is 0 Å². The molecule has 2 N–H and O–H groups in total. The Labute approximate surface area is 104 Å². The Hall–Kier alpha value is -2.44. The topological polar surface area (TPSA) is 84.7 Å². The van der Waals surface area contributed by atoms with Crippen LogP contribution < -0.4 is 10.6 Å². The Kier molecular flexibility index (Phi) is 3.85. The lowest BCUT2D eigenvalue weighted by molar-refractivity contribution is -0.121. The summed E-state index contributed by atoms with van der Waals surface area (Å²) in [5.74, 6) is -0.0829. The summed E-state index contributed by atoms with van der Waals surface area (Å²) in [7, 11) is 1.60. The first-order chi connectivity index (χ1) is 8.78. The molecule has 0 saturated carbocycles. The van der Waals surface area contributed by atoms with Crippen molar-refractivity contribution in [1.29, 1.82) is 0 Å². The van der Waals surface area contributed by atoms with Gasteiger partial charge in [0.2, 0.25) is 5.91 Å². The second-order valence-corrected chi connectivity index (χ2v) is 3.65. The van der Waals surface area contributed by atoms with Crippen LogP contribution in [-0.2, 0) is 17.9 Å². The maximum Gasteiger partial charge on any atom is 0.241 e. The van der Waals surface area contributed by atoms with Crippen LogP contribution in [0.4, 0.5) is 5.69 Å². The molecule has 0 unspecified atom stereocenters. The van der Waals surface area contributed by atoms with Gasteiger partial charge in [-0.3, -0.25) is 9.48 Å². The molecule has 1 amide bonds. The predicted molar refractivity (Wildman–Crippen MR) is 65.7 cm³/mol. The van der Waals surface area contributed by atoms with Crippen LogP contribution in [0.5, 0.6) is 0 Å². The number of amides is 1. The number of aromatic nitrogens is 4. The average Bonchev–Trinajstić information content (AvgIpc) is 2.85. The number of hydrogen-bond donors (Lipinski definition) is 2. The molecule has 0 bridgehead atoms. The summed E-state index contributed by atoms with van der Waals surface area (Å²) in [5.41, 5.74) is 1.74. The molecule has 7 heteroatoms. The van der Waals surface area contributed by atoms with E-state index in [1.54, 1.807) is 30.3 Å². The molecule has 0 saturated heterocycles. The smallest absolute Gasteiger partial charge is 0.241 e. The molecule has 0 aliphatic heterocycles. The van der Waals surface area contributed by atoms with E-state index in [-0.39, 0.29) is 12.5 Å². The molecule has 0 aliphatic rings. The largest absolute Gasteiger partial charge is 0.377 e. The first-order valence-electron chi connectivity index (χ1n) is 5.49. The summed E-state index contributed by atoms with van der Waals surface area (Å²) >= 11 is 0. The summed E-state index contributed by atoms with van der Waals surface area (Å²) in [4.78, 5) is 19.1. The fourth-order valence-electron chi connectivity index (χ4n) is 1.38. The number of carbonyl (C=O) groups is 1. The van der Waals surface area contributed by atoms with E-state index in [0.29, 0.717) is 6.54 Å². The zero-order chi connectivity index (χ0) is 12.8.